The number of carbonyl (C=O) groups excluding carboxylic acids is 1. The van der Waals surface area contributed by atoms with Crippen LogP contribution in [0.4, 0.5) is 0 Å². The van der Waals surface area contributed by atoms with Crippen LogP contribution < -0.4 is 5.32 Å². The molecule has 14 heteroatoms. The molecule has 0 aromatic heterocycles. The summed E-state index contributed by atoms with van der Waals surface area (Å²) in [4.78, 5) is 23.2. The number of rotatable bonds is 43. The van der Waals surface area contributed by atoms with Crippen molar-refractivity contribution in [3.63, 3.8) is 0 Å². The quantitative estimate of drug-likeness (QED) is 0.0158. The van der Waals surface area contributed by atoms with Gasteiger partial charge in [0, 0.05) is 0 Å². The number of hydrogen-bond acceptors (Lipinski definition) is 11. The lowest BCUT2D eigenvalue weighted by Gasteiger charge is -2.41. The van der Waals surface area contributed by atoms with E-state index in [1.54, 1.807) is 0 Å². The van der Waals surface area contributed by atoms with E-state index in [0.29, 0.717) is 12.8 Å². The first kappa shape index (κ1) is 60.1. The fourth-order valence-corrected chi connectivity index (χ4v) is 9.38. The molecule has 0 radical (unpaired) electrons. The molecule has 0 aliphatic heterocycles. The van der Waals surface area contributed by atoms with E-state index >= 15 is 0 Å². The predicted octanol–water partition coefficient (Wildman–Crippen LogP) is 9.37. The van der Waals surface area contributed by atoms with E-state index < -0.39 is 75.2 Å². The van der Waals surface area contributed by atoms with Gasteiger partial charge < -0.3 is 46.0 Å². The zero-order chi connectivity index (χ0) is 46.6. The molecule has 8 unspecified atom stereocenters. The lowest BCUT2D eigenvalue weighted by Crippen LogP contribution is -2.64. The fraction of sp³-hybridized carbons (Fsp3) is 0.939. The van der Waals surface area contributed by atoms with Gasteiger partial charge in [0.1, 0.15) is 36.6 Å². The summed E-state index contributed by atoms with van der Waals surface area (Å²) in [5, 5.41) is 73.8. The van der Waals surface area contributed by atoms with E-state index in [-0.39, 0.29) is 12.8 Å². The number of aliphatic hydroxyl groups excluding tert-OH is 7. The highest BCUT2D eigenvalue weighted by Gasteiger charge is 2.51. The van der Waals surface area contributed by atoms with Crippen molar-refractivity contribution in [1.82, 2.24) is 5.32 Å². The zero-order valence-electron chi connectivity index (χ0n) is 39.8. The molecule has 1 amide bonds. The van der Waals surface area contributed by atoms with E-state index in [9.17, 15) is 50.0 Å². The van der Waals surface area contributed by atoms with Gasteiger partial charge >= 0.3 is 7.82 Å². The first-order valence-corrected chi connectivity index (χ1v) is 27.2. The number of hydrogen-bond donors (Lipinski definition) is 9. The molecule has 1 aliphatic carbocycles. The van der Waals surface area contributed by atoms with Gasteiger partial charge in [0.15, 0.2) is 0 Å². The SMILES string of the molecule is CCCCCCCCCCCCCC/C=C\CCCCCCCCCCCCCCCCC(O)CC(=O)NC(COP(=O)(O)OC1C(O)C(O)C(O)C(O)C1O)C(O)CCCCC. The second-order valence-electron chi connectivity index (χ2n) is 18.6. The second-order valence-corrected chi connectivity index (χ2v) is 20.0. The summed E-state index contributed by atoms with van der Waals surface area (Å²) < 4.78 is 22.6. The Balaban J connectivity index is 2.09. The van der Waals surface area contributed by atoms with Crippen LogP contribution in [0, 0.1) is 0 Å². The Morgan fingerprint density at radius 2 is 0.889 bits per heavy atom. The lowest BCUT2D eigenvalue weighted by atomic mass is 9.85. The van der Waals surface area contributed by atoms with Crippen molar-refractivity contribution in [3.05, 3.63) is 12.2 Å². The van der Waals surface area contributed by atoms with Crippen LogP contribution in [-0.2, 0) is 18.4 Å². The van der Waals surface area contributed by atoms with Crippen LogP contribution in [0.15, 0.2) is 12.2 Å². The molecule has 1 fully saturated rings. The average Bonchev–Trinajstić information content (AvgIpc) is 3.25. The van der Waals surface area contributed by atoms with Gasteiger partial charge in [-0.15, -0.1) is 0 Å². The molecule has 63 heavy (non-hydrogen) atoms. The van der Waals surface area contributed by atoms with Crippen molar-refractivity contribution in [3.8, 4) is 0 Å². The summed E-state index contributed by atoms with van der Waals surface area (Å²) in [6, 6.07) is -1.15. The van der Waals surface area contributed by atoms with Crippen LogP contribution in [0.5, 0.6) is 0 Å². The molecule has 0 bridgehead atoms. The van der Waals surface area contributed by atoms with Crippen LogP contribution in [0.3, 0.4) is 0 Å². The smallest absolute Gasteiger partial charge is 0.393 e. The third-order valence-corrected chi connectivity index (χ3v) is 13.6. The Hall–Kier alpha value is -0.960. The molecule has 1 saturated carbocycles. The number of unbranched alkanes of at least 4 members (excludes halogenated alkanes) is 28. The summed E-state index contributed by atoms with van der Waals surface area (Å²) >= 11 is 0. The van der Waals surface area contributed by atoms with E-state index in [1.165, 1.54) is 154 Å². The molecule has 374 valence electrons. The van der Waals surface area contributed by atoms with E-state index in [0.717, 1.165) is 38.5 Å². The van der Waals surface area contributed by atoms with Crippen molar-refractivity contribution < 1.29 is 59.0 Å². The highest BCUT2D eigenvalue weighted by Crippen LogP contribution is 2.47. The van der Waals surface area contributed by atoms with Gasteiger partial charge in [-0.25, -0.2) is 4.57 Å². The predicted molar refractivity (Wildman–Crippen MR) is 252 cm³/mol. The maximum Gasteiger partial charge on any atom is 0.472 e. The zero-order valence-corrected chi connectivity index (χ0v) is 40.7. The molecular formula is C49H96NO12P. The molecule has 0 aromatic carbocycles. The number of aliphatic hydroxyl groups is 7. The molecule has 1 aliphatic rings. The summed E-state index contributed by atoms with van der Waals surface area (Å²) in [5.74, 6) is -0.569. The minimum absolute atomic E-state index is 0.221. The van der Waals surface area contributed by atoms with Crippen LogP contribution in [0.1, 0.15) is 232 Å². The van der Waals surface area contributed by atoms with Gasteiger partial charge in [-0.2, -0.15) is 0 Å². The van der Waals surface area contributed by atoms with Crippen molar-refractivity contribution in [1.29, 1.82) is 0 Å². The Morgan fingerprint density at radius 3 is 1.32 bits per heavy atom. The minimum Gasteiger partial charge on any atom is -0.393 e. The monoisotopic (exact) mass is 922 g/mol. The van der Waals surface area contributed by atoms with Crippen molar-refractivity contribution >= 4 is 13.7 Å². The third-order valence-electron chi connectivity index (χ3n) is 12.6. The normalized spacial score (nSPS) is 22.9. The van der Waals surface area contributed by atoms with E-state index in [4.69, 9.17) is 9.05 Å². The Morgan fingerprint density at radius 1 is 0.540 bits per heavy atom. The number of phosphoric ester groups is 1. The lowest BCUT2D eigenvalue weighted by molar-refractivity contribution is -0.220. The van der Waals surface area contributed by atoms with E-state index in [2.05, 4.69) is 24.4 Å². The molecule has 0 spiro atoms. The number of phosphoric acid groups is 1. The van der Waals surface area contributed by atoms with Gasteiger partial charge in [0.25, 0.3) is 0 Å². The number of allylic oxidation sites excluding steroid dienone is 2. The van der Waals surface area contributed by atoms with Gasteiger partial charge in [0.2, 0.25) is 5.91 Å². The van der Waals surface area contributed by atoms with Crippen molar-refractivity contribution in [2.75, 3.05) is 6.61 Å². The highest BCUT2D eigenvalue weighted by atomic mass is 31.2. The summed E-state index contributed by atoms with van der Waals surface area (Å²) in [6.45, 7) is 3.58. The van der Waals surface area contributed by atoms with Crippen LogP contribution in [0.25, 0.3) is 0 Å². The molecule has 0 heterocycles. The summed E-state index contributed by atoms with van der Waals surface area (Å²) in [7, 11) is -5.09. The Bertz CT molecular complexity index is 1130. The maximum absolute atomic E-state index is 12.8. The minimum atomic E-state index is -5.09. The first-order valence-electron chi connectivity index (χ1n) is 25.7. The molecule has 0 aromatic rings. The fourth-order valence-electron chi connectivity index (χ4n) is 8.42. The third kappa shape index (κ3) is 30.9. The average molecular weight is 922 g/mol. The molecule has 8 atom stereocenters. The summed E-state index contributed by atoms with van der Waals surface area (Å²) in [5.41, 5.74) is 0. The van der Waals surface area contributed by atoms with Crippen LogP contribution in [-0.4, -0.2) is 108 Å². The maximum atomic E-state index is 12.8. The van der Waals surface area contributed by atoms with Gasteiger partial charge in [-0.05, 0) is 38.5 Å². The Kier molecular flexibility index (Phi) is 37.3. The van der Waals surface area contributed by atoms with E-state index in [1.807, 2.05) is 6.92 Å². The number of carbonyl (C=O) groups is 1. The first-order chi connectivity index (χ1) is 30.3. The Labute approximate surface area is 382 Å². The van der Waals surface area contributed by atoms with Crippen LogP contribution in [0.2, 0.25) is 0 Å². The topological polar surface area (TPSA) is 226 Å². The molecular weight excluding hydrogens is 826 g/mol. The summed E-state index contributed by atoms with van der Waals surface area (Å²) in [6.07, 6.45) is 30.1. The number of nitrogens with one attached hydrogen (secondary N) is 1. The van der Waals surface area contributed by atoms with Crippen molar-refractivity contribution in [2.45, 2.75) is 287 Å². The second kappa shape index (κ2) is 39.1. The van der Waals surface area contributed by atoms with Gasteiger partial charge in [0.05, 0.1) is 31.3 Å². The highest BCUT2D eigenvalue weighted by molar-refractivity contribution is 7.47. The molecule has 0 saturated heterocycles. The standard InChI is InChI=1S/C49H96NO12P/c1-3-5-7-8-9-10-11-12-13-14-15-16-17-18-19-20-21-22-23-24-25-26-27-28-29-30-31-32-33-35-36-40(51)38-43(53)50-41(42(52)37-34-6-4-2)39-61-63(59,60)62-49-47(57)45(55)44(54)46(56)48(49)58/h18-19,40-42,44-49,51-52,54-58H,3-17,20-39H2,1-2H3,(H,50,53)(H,59,60)/b19-18-. The largest absolute Gasteiger partial charge is 0.472 e. The van der Waals surface area contributed by atoms with Crippen molar-refractivity contribution in [2.24, 2.45) is 0 Å². The number of amides is 1. The van der Waals surface area contributed by atoms with Crippen LogP contribution >= 0.6 is 7.82 Å². The van der Waals surface area contributed by atoms with Gasteiger partial charge in [-0.3, -0.25) is 13.8 Å². The molecule has 9 N–H and O–H groups in total. The van der Waals surface area contributed by atoms with Gasteiger partial charge in [-0.1, -0.05) is 199 Å². The molecule has 1 rings (SSSR count). The molecule has 13 nitrogen and oxygen atoms in total.